The van der Waals surface area contributed by atoms with Crippen LogP contribution in [0.15, 0.2) is 0 Å². The molecule has 82 valence electrons. The molecule has 1 unspecified atom stereocenters. The van der Waals surface area contributed by atoms with Gasteiger partial charge < -0.3 is 20.1 Å². The molecule has 0 aromatic rings. The Bertz CT molecular complexity index is 326. The molecule has 7 heteroatoms. The van der Waals surface area contributed by atoms with Crippen molar-refractivity contribution in [2.45, 2.75) is 18.4 Å². The molecule has 0 fully saturated rings. The van der Waals surface area contributed by atoms with Crippen molar-refractivity contribution in [3.05, 3.63) is 0 Å². The number of carboxylic acid groups (broad SMARTS) is 2. The van der Waals surface area contributed by atoms with Gasteiger partial charge in [-0.3, -0.25) is 9.59 Å². The van der Waals surface area contributed by atoms with Gasteiger partial charge in [0.1, 0.15) is 6.11 Å². The summed E-state index contributed by atoms with van der Waals surface area (Å²) in [4.78, 5) is 31.5. The Hall–Kier alpha value is -2.07. The predicted octanol–water partition coefficient (Wildman–Crippen LogP) is -1.20. The third-order valence-corrected chi connectivity index (χ3v) is 1.45. The molecule has 0 radical (unpaired) electrons. The largest absolute Gasteiger partial charge is 0.481 e. The fourth-order valence-corrected chi connectivity index (χ4v) is 0.804. The maximum atomic E-state index is 10.8. The summed E-state index contributed by atoms with van der Waals surface area (Å²) in [5, 5.41) is 26.2. The van der Waals surface area contributed by atoms with E-state index in [2.05, 4.69) is 11.2 Å². The molecule has 0 aromatic heterocycles. The molecule has 0 aliphatic rings. The number of hydrogen-bond donors (Lipinski definition) is 3. The van der Waals surface area contributed by atoms with E-state index in [1.165, 1.54) is 6.11 Å². The van der Waals surface area contributed by atoms with Crippen LogP contribution >= 0.6 is 0 Å². The molecule has 0 aromatic carbocycles. The Morgan fingerprint density at radius 2 is 1.80 bits per heavy atom. The van der Waals surface area contributed by atoms with Crippen LogP contribution in [0.5, 0.6) is 0 Å². The van der Waals surface area contributed by atoms with E-state index in [4.69, 9.17) is 10.2 Å². The van der Waals surface area contributed by atoms with E-state index in [-0.39, 0.29) is 0 Å². The summed E-state index contributed by atoms with van der Waals surface area (Å²) in [6.07, 6.45) is 3.92. The van der Waals surface area contributed by atoms with Crippen molar-refractivity contribution in [1.82, 2.24) is 0 Å². The van der Waals surface area contributed by atoms with Crippen molar-refractivity contribution in [3.8, 4) is 12.5 Å². The van der Waals surface area contributed by atoms with Crippen LogP contribution in [0.25, 0.3) is 0 Å². The molecule has 0 aliphatic carbocycles. The third-order valence-electron chi connectivity index (χ3n) is 1.45. The lowest BCUT2D eigenvalue weighted by Crippen LogP contribution is -2.42. The van der Waals surface area contributed by atoms with E-state index < -0.39 is 36.4 Å². The van der Waals surface area contributed by atoms with E-state index in [9.17, 15) is 19.5 Å². The van der Waals surface area contributed by atoms with Crippen LogP contribution in [0.3, 0.4) is 0 Å². The highest BCUT2D eigenvalue weighted by atomic mass is 16.5. The number of terminal acetylenes is 1. The second kappa shape index (κ2) is 4.97. The van der Waals surface area contributed by atoms with Crippen molar-refractivity contribution in [1.29, 1.82) is 0 Å². The summed E-state index contributed by atoms with van der Waals surface area (Å²) in [6, 6.07) is 0. The van der Waals surface area contributed by atoms with Gasteiger partial charge in [-0.25, -0.2) is 4.79 Å². The van der Waals surface area contributed by atoms with Gasteiger partial charge in [0, 0.05) is 0 Å². The zero-order chi connectivity index (χ0) is 12.1. The van der Waals surface area contributed by atoms with Crippen LogP contribution in [-0.4, -0.2) is 38.8 Å². The predicted molar refractivity (Wildman–Crippen MR) is 44.4 cm³/mol. The monoisotopic (exact) mass is 216 g/mol. The lowest BCUT2D eigenvalue weighted by Gasteiger charge is -2.19. The topological polar surface area (TPSA) is 121 Å². The summed E-state index contributed by atoms with van der Waals surface area (Å²) in [5.41, 5.74) is -2.71. The number of ether oxygens (including phenoxy) is 1. The van der Waals surface area contributed by atoms with Crippen LogP contribution < -0.4 is 0 Å². The van der Waals surface area contributed by atoms with Crippen LogP contribution in [0.2, 0.25) is 0 Å². The van der Waals surface area contributed by atoms with Crippen molar-refractivity contribution in [3.63, 3.8) is 0 Å². The number of carbonyl (C=O) groups excluding carboxylic acids is 1. The lowest BCUT2D eigenvalue weighted by atomic mass is 9.96. The first kappa shape index (κ1) is 12.9. The SMILES string of the molecule is C#COC(=O)CC(O)(CC(=O)O)C(=O)O. The minimum absolute atomic E-state index is 1.03. The first-order chi connectivity index (χ1) is 6.81. The first-order valence-corrected chi connectivity index (χ1v) is 3.64. The molecule has 0 spiro atoms. The average Bonchev–Trinajstić information content (AvgIpc) is 2.01. The highest BCUT2D eigenvalue weighted by Crippen LogP contribution is 2.16. The smallest absolute Gasteiger partial charge is 0.336 e. The van der Waals surface area contributed by atoms with Crippen LogP contribution in [0.1, 0.15) is 12.8 Å². The Morgan fingerprint density at radius 3 is 2.13 bits per heavy atom. The Labute approximate surface area is 84.3 Å². The lowest BCUT2D eigenvalue weighted by molar-refractivity contribution is -0.170. The minimum Gasteiger partial charge on any atom is -0.481 e. The zero-order valence-electron chi connectivity index (χ0n) is 7.47. The Morgan fingerprint density at radius 1 is 1.27 bits per heavy atom. The van der Waals surface area contributed by atoms with E-state index in [0.29, 0.717) is 0 Å². The standard InChI is InChI=1S/C8H8O7/c1-2-15-6(11)4-8(14,7(12)13)3-5(9)10/h1,14H,3-4H2,(H,9,10)(H,12,13). The molecule has 0 amide bonds. The van der Waals surface area contributed by atoms with Crippen LogP contribution in [0, 0.1) is 12.5 Å². The highest BCUT2D eigenvalue weighted by molar-refractivity contribution is 5.88. The van der Waals surface area contributed by atoms with Crippen molar-refractivity contribution < 1.29 is 34.4 Å². The second-order valence-electron chi connectivity index (χ2n) is 2.68. The molecule has 0 bridgehead atoms. The summed E-state index contributed by atoms with van der Waals surface area (Å²) >= 11 is 0. The summed E-state index contributed by atoms with van der Waals surface area (Å²) in [6.45, 7) is 0. The number of esters is 1. The second-order valence-corrected chi connectivity index (χ2v) is 2.68. The van der Waals surface area contributed by atoms with E-state index in [1.54, 1.807) is 0 Å². The third kappa shape index (κ3) is 4.10. The molecular formula is C8H8O7. The quantitative estimate of drug-likeness (QED) is 0.389. The number of carbonyl (C=O) groups is 3. The summed E-state index contributed by atoms with van der Waals surface area (Å²) < 4.78 is 3.94. The van der Waals surface area contributed by atoms with Crippen molar-refractivity contribution >= 4 is 17.9 Å². The van der Waals surface area contributed by atoms with E-state index in [0.717, 1.165) is 0 Å². The molecule has 0 heterocycles. The van der Waals surface area contributed by atoms with Gasteiger partial charge in [-0.15, -0.1) is 0 Å². The Kier molecular flexibility index (Phi) is 4.29. The number of hydrogen-bond acceptors (Lipinski definition) is 5. The summed E-state index contributed by atoms with van der Waals surface area (Å²) in [7, 11) is 0. The molecule has 0 rings (SSSR count). The molecule has 15 heavy (non-hydrogen) atoms. The van der Waals surface area contributed by atoms with Gasteiger partial charge in [-0.1, -0.05) is 6.42 Å². The maximum Gasteiger partial charge on any atom is 0.336 e. The molecular weight excluding hydrogens is 208 g/mol. The van der Waals surface area contributed by atoms with E-state index >= 15 is 0 Å². The van der Waals surface area contributed by atoms with Gasteiger partial charge in [-0.05, 0) is 0 Å². The fourth-order valence-electron chi connectivity index (χ4n) is 0.804. The molecule has 0 saturated heterocycles. The van der Waals surface area contributed by atoms with Gasteiger partial charge in [0.05, 0.1) is 12.8 Å². The molecule has 0 saturated carbocycles. The molecule has 1 atom stereocenters. The van der Waals surface area contributed by atoms with Crippen molar-refractivity contribution in [2.24, 2.45) is 0 Å². The highest BCUT2D eigenvalue weighted by Gasteiger charge is 2.41. The molecule has 7 nitrogen and oxygen atoms in total. The number of carboxylic acids is 2. The number of rotatable bonds is 5. The number of aliphatic hydroxyl groups is 1. The van der Waals surface area contributed by atoms with Crippen LogP contribution in [0.4, 0.5) is 0 Å². The van der Waals surface area contributed by atoms with Gasteiger partial charge in [0.15, 0.2) is 5.60 Å². The Balaban J connectivity index is 4.67. The first-order valence-electron chi connectivity index (χ1n) is 3.64. The zero-order valence-corrected chi connectivity index (χ0v) is 7.47. The molecule has 3 N–H and O–H groups in total. The van der Waals surface area contributed by atoms with Crippen molar-refractivity contribution in [2.75, 3.05) is 0 Å². The van der Waals surface area contributed by atoms with E-state index in [1.807, 2.05) is 0 Å². The molecule has 0 aliphatic heterocycles. The summed E-state index contributed by atoms with van der Waals surface area (Å²) in [5.74, 6) is -4.59. The van der Waals surface area contributed by atoms with Gasteiger partial charge in [-0.2, -0.15) is 0 Å². The fraction of sp³-hybridized carbons (Fsp3) is 0.375. The minimum atomic E-state index is -2.71. The normalized spacial score (nSPS) is 13.3. The van der Waals surface area contributed by atoms with Gasteiger partial charge in [0.2, 0.25) is 0 Å². The van der Waals surface area contributed by atoms with Crippen LogP contribution in [-0.2, 0) is 19.1 Å². The average molecular weight is 216 g/mol. The number of aliphatic carboxylic acids is 2. The van der Waals surface area contributed by atoms with Gasteiger partial charge in [0.25, 0.3) is 0 Å². The van der Waals surface area contributed by atoms with Gasteiger partial charge >= 0.3 is 17.9 Å². The maximum absolute atomic E-state index is 10.8.